The highest BCUT2D eigenvalue weighted by molar-refractivity contribution is 5.47. The van der Waals surface area contributed by atoms with E-state index in [-0.39, 0.29) is 6.10 Å². The number of rotatable bonds is 7. The summed E-state index contributed by atoms with van der Waals surface area (Å²) in [5.74, 6) is 1.56. The van der Waals surface area contributed by atoms with Crippen LogP contribution in [0.4, 0.5) is 5.69 Å². The Morgan fingerprint density at radius 1 is 0.955 bits per heavy atom. The molecule has 0 aliphatic carbocycles. The van der Waals surface area contributed by atoms with E-state index in [0.717, 1.165) is 35.7 Å². The van der Waals surface area contributed by atoms with Crippen molar-refractivity contribution in [3.8, 4) is 11.5 Å². The Morgan fingerprint density at radius 2 is 1.64 bits per heavy atom. The average molecular weight is 299 g/mol. The van der Waals surface area contributed by atoms with E-state index in [1.54, 1.807) is 7.11 Å². The van der Waals surface area contributed by atoms with Gasteiger partial charge in [0.25, 0.3) is 0 Å². The van der Waals surface area contributed by atoms with Crippen LogP contribution in [0.1, 0.15) is 31.9 Å². The standard InChI is InChI=1S/C19H25NO2/c1-5-15-6-9-17(10-7-15)20-13-16-8-11-18(21-4)19(12-16)22-14(2)3/h6-12,14,20H,5,13H2,1-4H3. The van der Waals surface area contributed by atoms with E-state index in [9.17, 15) is 0 Å². The normalized spacial score (nSPS) is 10.6. The third-order valence-electron chi connectivity index (χ3n) is 3.45. The zero-order valence-electron chi connectivity index (χ0n) is 13.8. The molecule has 22 heavy (non-hydrogen) atoms. The number of anilines is 1. The van der Waals surface area contributed by atoms with Crippen molar-refractivity contribution in [1.29, 1.82) is 0 Å². The van der Waals surface area contributed by atoms with Crippen molar-refractivity contribution in [2.24, 2.45) is 0 Å². The Labute approximate surface area is 133 Å². The molecule has 0 saturated carbocycles. The van der Waals surface area contributed by atoms with Crippen molar-refractivity contribution in [2.45, 2.75) is 39.8 Å². The lowest BCUT2D eigenvalue weighted by Crippen LogP contribution is -2.07. The van der Waals surface area contributed by atoms with E-state index in [0.29, 0.717) is 0 Å². The number of nitrogens with one attached hydrogen (secondary N) is 1. The first kappa shape index (κ1) is 16.2. The number of methoxy groups -OCH3 is 1. The van der Waals surface area contributed by atoms with Crippen molar-refractivity contribution < 1.29 is 9.47 Å². The molecule has 0 unspecified atom stereocenters. The number of benzene rings is 2. The maximum atomic E-state index is 5.81. The van der Waals surface area contributed by atoms with Crippen molar-refractivity contribution in [1.82, 2.24) is 0 Å². The highest BCUT2D eigenvalue weighted by Gasteiger charge is 2.07. The molecule has 0 spiro atoms. The number of ether oxygens (including phenoxy) is 2. The molecule has 0 bridgehead atoms. The van der Waals surface area contributed by atoms with Gasteiger partial charge in [-0.25, -0.2) is 0 Å². The molecule has 0 radical (unpaired) electrons. The lowest BCUT2D eigenvalue weighted by Gasteiger charge is -2.15. The molecule has 118 valence electrons. The molecule has 0 amide bonds. The summed E-state index contributed by atoms with van der Waals surface area (Å²) in [4.78, 5) is 0. The van der Waals surface area contributed by atoms with E-state index >= 15 is 0 Å². The van der Waals surface area contributed by atoms with E-state index in [1.807, 2.05) is 26.0 Å². The molecule has 1 N–H and O–H groups in total. The van der Waals surface area contributed by atoms with Crippen LogP contribution < -0.4 is 14.8 Å². The fraction of sp³-hybridized carbons (Fsp3) is 0.368. The Hall–Kier alpha value is -2.16. The van der Waals surface area contributed by atoms with Gasteiger partial charge >= 0.3 is 0 Å². The zero-order chi connectivity index (χ0) is 15.9. The van der Waals surface area contributed by atoms with Gasteiger partial charge in [-0.2, -0.15) is 0 Å². The summed E-state index contributed by atoms with van der Waals surface area (Å²) in [5, 5.41) is 3.43. The predicted octanol–water partition coefficient (Wildman–Crippen LogP) is 4.66. The minimum absolute atomic E-state index is 0.124. The van der Waals surface area contributed by atoms with Crippen LogP contribution in [0.25, 0.3) is 0 Å². The lowest BCUT2D eigenvalue weighted by atomic mass is 10.1. The van der Waals surface area contributed by atoms with Gasteiger partial charge in [-0.1, -0.05) is 25.1 Å². The maximum Gasteiger partial charge on any atom is 0.161 e. The second-order valence-corrected chi connectivity index (χ2v) is 5.56. The first-order chi connectivity index (χ1) is 10.6. The SMILES string of the molecule is CCc1ccc(NCc2ccc(OC)c(OC(C)C)c2)cc1. The van der Waals surface area contributed by atoms with Crippen LogP contribution in [0.3, 0.4) is 0 Å². The molecule has 0 atom stereocenters. The fourth-order valence-electron chi connectivity index (χ4n) is 2.24. The summed E-state index contributed by atoms with van der Waals surface area (Å²) in [6.45, 7) is 6.94. The summed E-state index contributed by atoms with van der Waals surface area (Å²) < 4.78 is 11.2. The Bertz CT molecular complexity index is 591. The summed E-state index contributed by atoms with van der Waals surface area (Å²) in [6, 6.07) is 14.6. The Kier molecular flexibility index (Phi) is 5.70. The first-order valence-electron chi connectivity index (χ1n) is 7.78. The van der Waals surface area contributed by atoms with Crippen LogP contribution in [0, 0.1) is 0 Å². The molecule has 0 fully saturated rings. The zero-order valence-corrected chi connectivity index (χ0v) is 13.8. The van der Waals surface area contributed by atoms with E-state index in [2.05, 4.69) is 42.6 Å². The minimum atomic E-state index is 0.124. The molecule has 0 aliphatic rings. The van der Waals surface area contributed by atoms with Crippen molar-refractivity contribution in [3.05, 3.63) is 53.6 Å². The van der Waals surface area contributed by atoms with Gasteiger partial charge in [0.05, 0.1) is 13.2 Å². The van der Waals surface area contributed by atoms with Crippen LogP contribution >= 0.6 is 0 Å². The Balaban J connectivity index is 2.05. The van der Waals surface area contributed by atoms with Crippen LogP contribution in [0.2, 0.25) is 0 Å². The molecule has 2 aromatic carbocycles. The van der Waals surface area contributed by atoms with Gasteiger partial charge in [0.2, 0.25) is 0 Å². The fourth-order valence-corrected chi connectivity index (χ4v) is 2.24. The monoisotopic (exact) mass is 299 g/mol. The summed E-state index contributed by atoms with van der Waals surface area (Å²) in [6.07, 6.45) is 1.19. The van der Waals surface area contributed by atoms with Gasteiger partial charge in [-0.05, 0) is 55.7 Å². The van der Waals surface area contributed by atoms with Crippen LogP contribution in [-0.2, 0) is 13.0 Å². The summed E-state index contributed by atoms with van der Waals surface area (Å²) in [7, 11) is 1.66. The smallest absolute Gasteiger partial charge is 0.161 e. The van der Waals surface area contributed by atoms with Crippen LogP contribution in [0.5, 0.6) is 11.5 Å². The lowest BCUT2D eigenvalue weighted by molar-refractivity contribution is 0.230. The molecule has 0 aliphatic heterocycles. The molecule has 3 nitrogen and oxygen atoms in total. The molecule has 2 rings (SSSR count). The van der Waals surface area contributed by atoms with Gasteiger partial charge in [-0.15, -0.1) is 0 Å². The third kappa shape index (κ3) is 4.42. The van der Waals surface area contributed by atoms with Crippen molar-refractivity contribution in [2.75, 3.05) is 12.4 Å². The predicted molar refractivity (Wildman–Crippen MR) is 91.9 cm³/mol. The van der Waals surface area contributed by atoms with Crippen LogP contribution in [-0.4, -0.2) is 13.2 Å². The van der Waals surface area contributed by atoms with Gasteiger partial charge in [0.1, 0.15) is 0 Å². The summed E-state index contributed by atoms with van der Waals surface area (Å²) in [5.41, 5.74) is 3.64. The van der Waals surface area contributed by atoms with Gasteiger partial charge in [-0.3, -0.25) is 0 Å². The minimum Gasteiger partial charge on any atom is -0.493 e. The molecular weight excluding hydrogens is 274 g/mol. The number of hydrogen-bond donors (Lipinski definition) is 1. The van der Waals surface area contributed by atoms with Crippen molar-refractivity contribution >= 4 is 5.69 Å². The molecular formula is C19H25NO2. The van der Waals surface area contributed by atoms with Gasteiger partial charge in [0, 0.05) is 12.2 Å². The highest BCUT2D eigenvalue weighted by Crippen LogP contribution is 2.29. The largest absolute Gasteiger partial charge is 0.493 e. The second-order valence-electron chi connectivity index (χ2n) is 5.56. The quantitative estimate of drug-likeness (QED) is 0.806. The molecule has 0 saturated heterocycles. The highest BCUT2D eigenvalue weighted by atomic mass is 16.5. The second kappa shape index (κ2) is 7.74. The topological polar surface area (TPSA) is 30.5 Å². The van der Waals surface area contributed by atoms with Crippen molar-refractivity contribution in [3.63, 3.8) is 0 Å². The van der Waals surface area contributed by atoms with Gasteiger partial charge < -0.3 is 14.8 Å². The van der Waals surface area contributed by atoms with E-state index < -0.39 is 0 Å². The Morgan fingerprint density at radius 3 is 2.23 bits per heavy atom. The van der Waals surface area contributed by atoms with E-state index in [4.69, 9.17) is 9.47 Å². The number of hydrogen-bond acceptors (Lipinski definition) is 3. The molecule has 0 heterocycles. The maximum absolute atomic E-state index is 5.81. The number of aryl methyl sites for hydroxylation is 1. The summed E-state index contributed by atoms with van der Waals surface area (Å²) >= 11 is 0. The van der Waals surface area contributed by atoms with E-state index in [1.165, 1.54) is 5.56 Å². The van der Waals surface area contributed by atoms with Gasteiger partial charge in [0.15, 0.2) is 11.5 Å². The third-order valence-corrected chi connectivity index (χ3v) is 3.45. The first-order valence-corrected chi connectivity index (χ1v) is 7.78. The molecule has 3 heteroatoms. The average Bonchev–Trinajstić information content (AvgIpc) is 2.53. The molecule has 0 aromatic heterocycles. The molecule has 2 aromatic rings. The van der Waals surface area contributed by atoms with Crippen LogP contribution in [0.15, 0.2) is 42.5 Å².